The van der Waals surface area contributed by atoms with E-state index in [1.54, 1.807) is 25.6 Å². The third-order valence-corrected chi connectivity index (χ3v) is 6.64. The van der Waals surface area contributed by atoms with Gasteiger partial charge >= 0.3 is 0 Å². The summed E-state index contributed by atoms with van der Waals surface area (Å²) >= 11 is 7.42. The van der Waals surface area contributed by atoms with E-state index >= 15 is 0 Å². The van der Waals surface area contributed by atoms with Gasteiger partial charge in [0.15, 0.2) is 5.82 Å². The van der Waals surface area contributed by atoms with Crippen LogP contribution < -0.4 is 9.64 Å². The van der Waals surface area contributed by atoms with Gasteiger partial charge in [-0.25, -0.2) is 9.97 Å². The van der Waals surface area contributed by atoms with Gasteiger partial charge in [0.05, 0.1) is 7.11 Å². The lowest BCUT2D eigenvalue weighted by Gasteiger charge is -2.35. The Bertz CT molecular complexity index is 1250. The summed E-state index contributed by atoms with van der Waals surface area (Å²) in [4.78, 5) is 26.0. The highest BCUT2D eigenvalue weighted by Gasteiger charge is 2.25. The fourth-order valence-corrected chi connectivity index (χ4v) is 4.81. The number of carbonyl (C=O) groups excluding carboxylic acids is 1. The number of methoxy groups -OCH3 is 1. The quantitative estimate of drug-likeness (QED) is 0.445. The third-order valence-electron chi connectivity index (χ3n) is 5.56. The van der Waals surface area contributed by atoms with E-state index in [1.165, 1.54) is 11.5 Å². The second-order valence-corrected chi connectivity index (χ2v) is 8.63. The predicted molar refractivity (Wildman–Crippen MR) is 127 cm³/mol. The van der Waals surface area contributed by atoms with Gasteiger partial charge in [-0.1, -0.05) is 23.7 Å². The molecule has 0 N–H and O–H groups in total. The first kappa shape index (κ1) is 20.7. The average molecular weight is 466 g/mol. The number of nitrogens with zero attached hydrogens (tertiary/aromatic N) is 5. The zero-order valence-electron chi connectivity index (χ0n) is 17.4. The molecular formula is C23H20ClN5O2S. The highest BCUT2D eigenvalue weighted by Crippen LogP contribution is 2.34. The molecule has 1 fully saturated rings. The molecule has 32 heavy (non-hydrogen) atoms. The van der Waals surface area contributed by atoms with Gasteiger partial charge in [0.1, 0.15) is 28.0 Å². The molecular weight excluding hydrogens is 446 g/mol. The number of piperazine rings is 1. The normalized spacial score (nSPS) is 14.1. The van der Waals surface area contributed by atoms with Gasteiger partial charge in [0.25, 0.3) is 5.91 Å². The van der Waals surface area contributed by atoms with Crippen molar-refractivity contribution in [3.05, 3.63) is 65.4 Å². The monoisotopic (exact) mass is 465 g/mol. The van der Waals surface area contributed by atoms with E-state index in [9.17, 15) is 4.79 Å². The van der Waals surface area contributed by atoms with Crippen molar-refractivity contribution in [3.63, 3.8) is 0 Å². The SMILES string of the molecule is COc1ccc(C(=O)N2CCN(c3ncnc4c(-c5ccc(Cl)cc5)nsc34)CC2)cc1. The molecule has 5 rings (SSSR count). The number of fused-ring (bicyclic) bond motifs is 1. The topological polar surface area (TPSA) is 71.5 Å². The lowest BCUT2D eigenvalue weighted by molar-refractivity contribution is 0.0746. The van der Waals surface area contributed by atoms with Crippen LogP contribution in [0, 0.1) is 0 Å². The van der Waals surface area contributed by atoms with Gasteiger partial charge < -0.3 is 14.5 Å². The summed E-state index contributed by atoms with van der Waals surface area (Å²) in [5, 5.41) is 0.686. The lowest BCUT2D eigenvalue weighted by atomic mass is 10.1. The fraction of sp³-hybridized carbons (Fsp3) is 0.217. The van der Waals surface area contributed by atoms with Gasteiger partial charge in [-0.05, 0) is 47.9 Å². The van der Waals surface area contributed by atoms with Crippen LogP contribution in [0.3, 0.4) is 0 Å². The van der Waals surface area contributed by atoms with Crippen LogP contribution in [0.1, 0.15) is 10.4 Å². The maximum Gasteiger partial charge on any atom is 0.253 e. The minimum absolute atomic E-state index is 0.0305. The number of hydrogen-bond donors (Lipinski definition) is 0. The van der Waals surface area contributed by atoms with E-state index in [0.717, 1.165) is 33.0 Å². The summed E-state index contributed by atoms with van der Waals surface area (Å²) in [7, 11) is 1.61. The standard InChI is InChI=1S/C23H20ClN5O2S/c1-31-18-8-4-16(5-9-18)23(30)29-12-10-28(11-13-29)22-21-20(25-14-26-22)19(27-32-21)15-2-6-17(24)7-3-15/h2-9,14H,10-13H2,1H3. The first-order valence-corrected chi connectivity index (χ1v) is 11.3. The second-order valence-electron chi connectivity index (χ2n) is 7.42. The molecule has 0 aliphatic carbocycles. The second kappa shape index (κ2) is 8.72. The van der Waals surface area contributed by atoms with Crippen LogP contribution in [0.4, 0.5) is 5.82 Å². The smallest absolute Gasteiger partial charge is 0.253 e. The van der Waals surface area contributed by atoms with Gasteiger partial charge in [-0.3, -0.25) is 4.79 Å². The Morgan fingerprint density at radius 1 is 1.00 bits per heavy atom. The van der Waals surface area contributed by atoms with Crippen molar-refractivity contribution in [2.24, 2.45) is 0 Å². The van der Waals surface area contributed by atoms with Crippen LogP contribution in [0.15, 0.2) is 54.9 Å². The molecule has 1 saturated heterocycles. The summed E-state index contributed by atoms with van der Waals surface area (Å²) in [5.41, 5.74) is 3.30. The van der Waals surface area contributed by atoms with Crippen LogP contribution in [-0.2, 0) is 0 Å². The van der Waals surface area contributed by atoms with E-state index in [4.69, 9.17) is 16.3 Å². The van der Waals surface area contributed by atoms with Crippen molar-refractivity contribution in [1.29, 1.82) is 0 Å². The molecule has 162 valence electrons. The molecule has 1 amide bonds. The van der Waals surface area contributed by atoms with Crippen LogP contribution in [0.25, 0.3) is 21.5 Å². The van der Waals surface area contributed by atoms with E-state index < -0.39 is 0 Å². The van der Waals surface area contributed by atoms with Gasteiger partial charge in [-0.15, -0.1) is 0 Å². The highest BCUT2D eigenvalue weighted by atomic mass is 35.5. The van der Waals surface area contributed by atoms with Crippen LogP contribution >= 0.6 is 23.1 Å². The molecule has 0 spiro atoms. The molecule has 2 aromatic carbocycles. The number of carbonyl (C=O) groups is 1. The molecule has 0 saturated carbocycles. The van der Waals surface area contributed by atoms with Crippen LogP contribution in [-0.4, -0.2) is 58.4 Å². The number of halogens is 1. The number of ether oxygens (including phenoxy) is 1. The summed E-state index contributed by atoms with van der Waals surface area (Å²) < 4.78 is 10.8. The van der Waals surface area contributed by atoms with Crippen molar-refractivity contribution < 1.29 is 9.53 Å². The number of rotatable bonds is 4. The Morgan fingerprint density at radius 2 is 1.72 bits per heavy atom. The summed E-state index contributed by atoms with van der Waals surface area (Å²) in [6.07, 6.45) is 1.58. The van der Waals surface area contributed by atoms with Crippen molar-refractivity contribution in [2.75, 3.05) is 38.2 Å². The molecule has 7 nitrogen and oxygen atoms in total. The molecule has 1 aliphatic rings. The van der Waals surface area contributed by atoms with Gasteiger partial charge in [0.2, 0.25) is 0 Å². The number of amides is 1. The minimum Gasteiger partial charge on any atom is -0.497 e. The summed E-state index contributed by atoms with van der Waals surface area (Å²) in [6.45, 7) is 2.64. The van der Waals surface area contributed by atoms with Gasteiger partial charge in [0, 0.05) is 42.3 Å². The fourth-order valence-electron chi connectivity index (χ4n) is 3.81. The number of benzene rings is 2. The van der Waals surface area contributed by atoms with Crippen molar-refractivity contribution >= 4 is 45.1 Å². The molecule has 2 aromatic heterocycles. The largest absolute Gasteiger partial charge is 0.497 e. The first-order valence-electron chi connectivity index (χ1n) is 10.2. The zero-order valence-corrected chi connectivity index (χ0v) is 18.9. The Morgan fingerprint density at radius 3 is 2.41 bits per heavy atom. The Hall–Kier alpha value is -3.23. The van der Waals surface area contributed by atoms with Crippen LogP contribution in [0.2, 0.25) is 5.02 Å². The van der Waals surface area contributed by atoms with Gasteiger partial charge in [-0.2, -0.15) is 4.37 Å². The van der Waals surface area contributed by atoms with E-state index in [0.29, 0.717) is 36.8 Å². The molecule has 1 aliphatic heterocycles. The Labute approximate surface area is 194 Å². The molecule has 0 atom stereocenters. The lowest BCUT2D eigenvalue weighted by Crippen LogP contribution is -2.49. The molecule has 0 radical (unpaired) electrons. The van der Waals surface area contributed by atoms with Crippen molar-refractivity contribution in [2.45, 2.75) is 0 Å². The molecule has 4 aromatic rings. The van der Waals surface area contributed by atoms with Crippen molar-refractivity contribution in [1.82, 2.24) is 19.2 Å². The number of anilines is 1. The minimum atomic E-state index is 0.0305. The Balaban J connectivity index is 1.33. The molecule has 3 heterocycles. The maximum atomic E-state index is 12.9. The molecule has 0 bridgehead atoms. The van der Waals surface area contributed by atoms with E-state index in [1.807, 2.05) is 41.3 Å². The summed E-state index contributed by atoms with van der Waals surface area (Å²) in [5.74, 6) is 1.63. The molecule has 0 unspecified atom stereocenters. The van der Waals surface area contributed by atoms with E-state index in [2.05, 4.69) is 19.2 Å². The molecule has 9 heteroatoms. The Kier molecular flexibility index (Phi) is 5.63. The number of hydrogen-bond acceptors (Lipinski definition) is 7. The summed E-state index contributed by atoms with van der Waals surface area (Å²) in [6, 6.07) is 14.8. The van der Waals surface area contributed by atoms with Crippen LogP contribution in [0.5, 0.6) is 5.75 Å². The number of aromatic nitrogens is 3. The first-order chi connectivity index (χ1) is 15.6. The third kappa shape index (κ3) is 3.87. The average Bonchev–Trinajstić information content (AvgIpc) is 3.29. The predicted octanol–water partition coefficient (Wildman–Crippen LogP) is 4.38. The van der Waals surface area contributed by atoms with Crippen molar-refractivity contribution in [3.8, 4) is 17.0 Å². The maximum absolute atomic E-state index is 12.9. The zero-order chi connectivity index (χ0) is 22.1. The highest BCUT2D eigenvalue weighted by molar-refractivity contribution is 7.14. The van der Waals surface area contributed by atoms with E-state index in [-0.39, 0.29) is 5.91 Å².